The Kier molecular flexibility index (Phi) is 6.49. The third-order valence-corrected chi connectivity index (χ3v) is 8.00. The molecule has 3 rings (SSSR count). The van der Waals surface area contributed by atoms with Gasteiger partial charge in [-0.25, -0.2) is 13.2 Å². The molecular weight excluding hydrogens is 388 g/mol. The summed E-state index contributed by atoms with van der Waals surface area (Å²) in [7, 11) is -2.00. The number of hydrogen-bond acceptors (Lipinski definition) is 4. The minimum absolute atomic E-state index is 0.0949. The van der Waals surface area contributed by atoms with Crippen LogP contribution in [-0.2, 0) is 28.2 Å². The lowest BCUT2D eigenvalue weighted by molar-refractivity contribution is 0.0521. The summed E-state index contributed by atoms with van der Waals surface area (Å²) in [6, 6.07) is 10.3. The van der Waals surface area contributed by atoms with E-state index in [4.69, 9.17) is 4.74 Å². The molecule has 0 radical (unpaired) electrons. The second-order valence-electron chi connectivity index (χ2n) is 7.69. The van der Waals surface area contributed by atoms with Gasteiger partial charge in [-0.15, -0.1) is 0 Å². The van der Waals surface area contributed by atoms with E-state index in [9.17, 15) is 13.2 Å². The highest BCUT2D eigenvalue weighted by atomic mass is 32.2. The SMILES string of the molecule is CCOC(=O)c1c(S(=O)(=O)N2CCC(Cc3ccccc3)CC2)c(C)n(C)c1C. The van der Waals surface area contributed by atoms with Crippen LogP contribution in [0.3, 0.4) is 0 Å². The number of esters is 1. The first kappa shape index (κ1) is 21.6. The Morgan fingerprint density at radius 1 is 1.10 bits per heavy atom. The summed E-state index contributed by atoms with van der Waals surface area (Å²) in [5.74, 6) is -0.113. The average molecular weight is 419 g/mol. The maximum Gasteiger partial charge on any atom is 0.341 e. The van der Waals surface area contributed by atoms with E-state index in [1.54, 1.807) is 32.4 Å². The van der Waals surface area contributed by atoms with Crippen molar-refractivity contribution >= 4 is 16.0 Å². The van der Waals surface area contributed by atoms with Crippen molar-refractivity contribution in [2.24, 2.45) is 13.0 Å². The molecule has 7 heteroatoms. The largest absolute Gasteiger partial charge is 0.462 e. The predicted octanol–water partition coefficient (Wildman–Crippen LogP) is 3.46. The Bertz CT molecular complexity index is 972. The smallest absolute Gasteiger partial charge is 0.341 e. The average Bonchev–Trinajstić information content (AvgIpc) is 2.94. The van der Waals surface area contributed by atoms with Crippen molar-refractivity contribution in [3.05, 3.63) is 52.8 Å². The Morgan fingerprint density at radius 2 is 1.72 bits per heavy atom. The zero-order valence-electron chi connectivity index (χ0n) is 17.6. The first-order valence-electron chi connectivity index (χ1n) is 10.1. The minimum atomic E-state index is -3.77. The summed E-state index contributed by atoms with van der Waals surface area (Å²) in [6.45, 7) is 6.35. The van der Waals surface area contributed by atoms with Crippen LogP contribution in [0.2, 0.25) is 0 Å². The number of rotatable bonds is 6. The summed E-state index contributed by atoms with van der Waals surface area (Å²) in [5.41, 5.74) is 2.63. The van der Waals surface area contributed by atoms with E-state index < -0.39 is 16.0 Å². The molecule has 1 aromatic carbocycles. The Balaban J connectivity index is 1.82. The molecule has 0 atom stereocenters. The van der Waals surface area contributed by atoms with Crippen LogP contribution in [0, 0.1) is 19.8 Å². The molecule has 1 aliphatic heterocycles. The topological polar surface area (TPSA) is 68.6 Å². The summed E-state index contributed by atoms with van der Waals surface area (Å²) >= 11 is 0. The number of piperidine rings is 1. The van der Waals surface area contributed by atoms with Gasteiger partial charge in [0.2, 0.25) is 10.0 Å². The Morgan fingerprint density at radius 3 is 2.31 bits per heavy atom. The van der Waals surface area contributed by atoms with Gasteiger partial charge < -0.3 is 9.30 Å². The molecule has 2 heterocycles. The summed E-state index contributed by atoms with van der Waals surface area (Å²) in [5, 5.41) is 0. The van der Waals surface area contributed by atoms with Crippen molar-refractivity contribution < 1.29 is 17.9 Å². The fraction of sp³-hybridized carbons (Fsp3) is 0.500. The molecule has 1 aromatic heterocycles. The standard InChI is InChI=1S/C22H30N2O4S/c1-5-28-22(25)20-16(2)23(4)17(3)21(20)29(26,27)24-13-11-19(12-14-24)15-18-9-7-6-8-10-18/h6-10,19H,5,11-15H2,1-4H3. The first-order valence-corrected chi connectivity index (χ1v) is 11.6. The maximum atomic E-state index is 13.5. The van der Waals surface area contributed by atoms with Crippen LogP contribution in [-0.4, -0.2) is 43.0 Å². The van der Waals surface area contributed by atoms with E-state index in [-0.39, 0.29) is 17.1 Å². The quantitative estimate of drug-likeness (QED) is 0.674. The molecule has 0 N–H and O–H groups in total. The maximum absolute atomic E-state index is 13.5. The molecule has 2 aromatic rings. The molecule has 0 saturated carbocycles. The number of sulfonamides is 1. The van der Waals surface area contributed by atoms with Gasteiger partial charge in [0.1, 0.15) is 10.5 Å². The normalized spacial score (nSPS) is 16.1. The van der Waals surface area contributed by atoms with Crippen LogP contribution in [0.4, 0.5) is 0 Å². The highest BCUT2D eigenvalue weighted by Crippen LogP contribution is 2.32. The predicted molar refractivity (Wildman–Crippen MR) is 112 cm³/mol. The second-order valence-corrected chi connectivity index (χ2v) is 9.57. The van der Waals surface area contributed by atoms with Gasteiger partial charge in [0, 0.05) is 31.5 Å². The Hall–Kier alpha value is -2.12. The number of hydrogen-bond donors (Lipinski definition) is 0. The van der Waals surface area contributed by atoms with Crippen molar-refractivity contribution in [3.63, 3.8) is 0 Å². The monoisotopic (exact) mass is 418 g/mol. The lowest BCUT2D eigenvalue weighted by Crippen LogP contribution is -2.39. The zero-order valence-corrected chi connectivity index (χ0v) is 18.5. The van der Waals surface area contributed by atoms with Crippen molar-refractivity contribution in [3.8, 4) is 0 Å². The van der Waals surface area contributed by atoms with Gasteiger partial charge in [-0.1, -0.05) is 30.3 Å². The fourth-order valence-electron chi connectivity index (χ4n) is 4.11. The third-order valence-electron chi connectivity index (χ3n) is 5.94. The van der Waals surface area contributed by atoms with E-state index in [2.05, 4.69) is 12.1 Å². The van der Waals surface area contributed by atoms with Crippen molar-refractivity contribution in [1.29, 1.82) is 0 Å². The number of aromatic nitrogens is 1. The lowest BCUT2D eigenvalue weighted by Gasteiger charge is -2.31. The highest BCUT2D eigenvalue weighted by molar-refractivity contribution is 7.89. The van der Waals surface area contributed by atoms with Gasteiger partial charge in [0.25, 0.3) is 0 Å². The number of benzene rings is 1. The summed E-state index contributed by atoms with van der Waals surface area (Å²) < 4.78 is 35.4. The molecule has 6 nitrogen and oxygen atoms in total. The van der Waals surface area contributed by atoms with Gasteiger partial charge in [-0.05, 0) is 51.5 Å². The number of ether oxygens (including phenoxy) is 1. The van der Waals surface area contributed by atoms with Crippen LogP contribution in [0.1, 0.15) is 47.1 Å². The lowest BCUT2D eigenvalue weighted by atomic mass is 9.91. The molecule has 29 heavy (non-hydrogen) atoms. The van der Waals surface area contributed by atoms with Gasteiger partial charge in [-0.3, -0.25) is 0 Å². The number of nitrogens with zero attached hydrogens (tertiary/aromatic N) is 2. The first-order chi connectivity index (χ1) is 13.8. The van der Waals surface area contributed by atoms with E-state index in [1.165, 1.54) is 9.87 Å². The molecule has 0 aliphatic carbocycles. The highest BCUT2D eigenvalue weighted by Gasteiger charge is 2.37. The van der Waals surface area contributed by atoms with Crippen molar-refractivity contribution in [2.75, 3.05) is 19.7 Å². The van der Waals surface area contributed by atoms with Gasteiger partial charge >= 0.3 is 5.97 Å². The molecule has 1 saturated heterocycles. The zero-order chi connectivity index (χ0) is 21.2. The van der Waals surface area contributed by atoms with Crippen LogP contribution >= 0.6 is 0 Å². The van der Waals surface area contributed by atoms with Crippen molar-refractivity contribution in [1.82, 2.24) is 8.87 Å². The summed E-state index contributed by atoms with van der Waals surface area (Å²) in [4.78, 5) is 12.6. The molecule has 0 amide bonds. The molecule has 0 spiro atoms. The third kappa shape index (κ3) is 4.26. The van der Waals surface area contributed by atoms with E-state index in [0.717, 1.165) is 19.3 Å². The van der Waals surface area contributed by atoms with Crippen LogP contribution in [0.25, 0.3) is 0 Å². The van der Waals surface area contributed by atoms with E-state index >= 15 is 0 Å². The van der Waals surface area contributed by atoms with Crippen molar-refractivity contribution in [2.45, 2.75) is 44.9 Å². The second kappa shape index (κ2) is 8.71. The molecule has 1 aliphatic rings. The van der Waals surface area contributed by atoms with Gasteiger partial charge in [0.05, 0.1) is 6.61 Å². The molecule has 1 fully saturated rings. The minimum Gasteiger partial charge on any atom is -0.462 e. The van der Waals surface area contributed by atoms with Crippen LogP contribution in [0.5, 0.6) is 0 Å². The van der Waals surface area contributed by atoms with Crippen LogP contribution in [0.15, 0.2) is 35.2 Å². The molecular formula is C22H30N2O4S. The van der Waals surface area contributed by atoms with Gasteiger partial charge in [-0.2, -0.15) is 4.31 Å². The fourth-order valence-corrected chi connectivity index (χ4v) is 6.06. The van der Waals surface area contributed by atoms with Gasteiger partial charge in [0.15, 0.2) is 0 Å². The van der Waals surface area contributed by atoms with E-state index in [0.29, 0.717) is 30.4 Å². The van der Waals surface area contributed by atoms with Crippen LogP contribution < -0.4 is 0 Å². The number of carbonyl (C=O) groups is 1. The summed E-state index contributed by atoms with van der Waals surface area (Å²) in [6.07, 6.45) is 2.59. The molecule has 158 valence electrons. The van der Waals surface area contributed by atoms with E-state index in [1.807, 2.05) is 18.2 Å². The molecule has 0 bridgehead atoms. The Labute approximate surface area is 173 Å². The number of carbonyl (C=O) groups excluding carboxylic acids is 1. The molecule has 0 unspecified atom stereocenters.